The molecular weight excluding hydrogens is 762 g/mol. The molecule has 0 aliphatic carbocycles. The molecule has 0 radical (unpaired) electrons. The van der Waals surface area contributed by atoms with E-state index in [1.54, 1.807) is 0 Å². The van der Waals surface area contributed by atoms with Crippen LogP contribution in [0.3, 0.4) is 0 Å². The number of aliphatic hydroxyl groups excluding tert-OH is 1. The Morgan fingerprint density at radius 2 is 0.897 bits per heavy atom. The van der Waals surface area contributed by atoms with Crippen LogP contribution in [0.25, 0.3) is 0 Å². The molecule has 332 valence electrons. The predicted molar refractivity (Wildman–Crippen MR) is 209 cm³/mol. The first-order chi connectivity index (χ1) is 27.4. The van der Waals surface area contributed by atoms with Gasteiger partial charge in [-0.15, -0.1) is 0 Å². The van der Waals surface area contributed by atoms with Crippen LogP contribution in [0.4, 0.5) is 0 Å². The minimum atomic E-state index is -1.70. The molecule has 0 spiro atoms. The quantitative estimate of drug-likeness (QED) is 0.0202. The van der Waals surface area contributed by atoms with Crippen molar-refractivity contribution in [3.8, 4) is 0 Å². The Morgan fingerprint density at radius 1 is 0.517 bits per heavy atom. The topological polar surface area (TPSA) is 296 Å². The van der Waals surface area contributed by atoms with Crippen molar-refractivity contribution in [2.24, 2.45) is 0 Å². The molecule has 0 saturated heterocycles. The van der Waals surface area contributed by atoms with Crippen LogP contribution in [-0.4, -0.2) is 139 Å². The molecule has 0 rings (SSSR count). The Labute approximate surface area is 340 Å². The van der Waals surface area contributed by atoms with Crippen LogP contribution in [0.1, 0.15) is 130 Å². The van der Waals surface area contributed by atoms with Crippen LogP contribution < -0.4 is 21.3 Å². The summed E-state index contributed by atoms with van der Waals surface area (Å²) in [6.45, 7) is 3.87. The van der Waals surface area contributed by atoms with E-state index in [1.807, 2.05) is 0 Å². The van der Waals surface area contributed by atoms with E-state index in [-0.39, 0.29) is 64.6 Å². The lowest BCUT2D eigenvalue weighted by molar-refractivity contribution is -0.163. The van der Waals surface area contributed by atoms with Crippen molar-refractivity contribution in [3.05, 3.63) is 12.2 Å². The van der Waals surface area contributed by atoms with Gasteiger partial charge in [-0.2, -0.15) is 0 Å². The molecule has 0 heterocycles. The number of carboxylic acids is 1. The second-order valence-corrected chi connectivity index (χ2v) is 14.1. The van der Waals surface area contributed by atoms with Crippen molar-refractivity contribution in [2.45, 2.75) is 155 Å². The highest BCUT2D eigenvalue weighted by atomic mass is 16.5. The molecule has 0 aromatic carbocycles. The number of hydrogen-bond acceptors (Lipinski definition) is 12. The maximum Gasteiger partial charge on any atom is 0.326 e. The van der Waals surface area contributed by atoms with Gasteiger partial charge in [0.05, 0.1) is 6.61 Å². The van der Waals surface area contributed by atoms with Crippen molar-refractivity contribution >= 4 is 47.3 Å². The Balaban J connectivity index is 5.81. The number of aliphatic carboxylic acids is 1. The third kappa shape index (κ3) is 24.9. The molecule has 20 nitrogen and oxygen atoms in total. The number of amides is 7. The molecule has 20 heteroatoms. The number of rotatable bonds is 32. The van der Waals surface area contributed by atoms with E-state index in [4.69, 9.17) is 0 Å². The fraction of sp³-hybridized carbons (Fsp3) is 0.737. The first-order valence-corrected chi connectivity index (χ1v) is 20.0. The van der Waals surface area contributed by atoms with Crippen molar-refractivity contribution in [1.82, 2.24) is 36.5 Å². The normalized spacial score (nSPS) is 13.1. The zero-order valence-corrected chi connectivity index (χ0v) is 34.4. The van der Waals surface area contributed by atoms with Gasteiger partial charge >= 0.3 is 5.97 Å². The number of hydroxylamine groups is 6. The highest BCUT2D eigenvalue weighted by Crippen LogP contribution is 2.10. The summed E-state index contributed by atoms with van der Waals surface area (Å²) < 4.78 is 0. The minimum Gasteiger partial charge on any atom is -0.480 e. The van der Waals surface area contributed by atoms with E-state index in [0.29, 0.717) is 21.6 Å². The molecule has 0 aliphatic rings. The van der Waals surface area contributed by atoms with Crippen LogP contribution >= 0.6 is 0 Å². The van der Waals surface area contributed by atoms with Gasteiger partial charge in [0.25, 0.3) is 0 Å². The number of allylic oxidation sites excluding steroid dienone is 2. The van der Waals surface area contributed by atoms with Gasteiger partial charge in [-0.1, -0.05) is 44.8 Å². The van der Waals surface area contributed by atoms with Crippen molar-refractivity contribution in [1.29, 1.82) is 0 Å². The number of carbonyl (C=O) groups excluding carboxylic acids is 7. The standard InChI is InChI=1S/C38H67N7O13/c1-5-6-7-8-9-10-11-12-13-14-15-22-34(50)39-30(19-16-23-43(56)27(2)47)35(51)40-31(20-17-24-44(57)28(3)48)36(52)42-33(26-46)37(53)41-32(38(54)55)21-18-25-45(58)29(4)49/h10-11,30-33,46,56-58H,5-9,12-26H2,1-4H3,(H,39,50)(H,40,51)(H,41,53)(H,42,52)(H,54,55)/b11-10-/t30-,31-,32+,33+/m0/s1. The Bertz CT molecular complexity index is 1330. The number of carbonyl (C=O) groups is 8. The molecule has 58 heavy (non-hydrogen) atoms. The van der Waals surface area contributed by atoms with Gasteiger partial charge in [-0.3, -0.25) is 49.2 Å². The second-order valence-electron chi connectivity index (χ2n) is 14.1. The fourth-order valence-electron chi connectivity index (χ4n) is 5.53. The van der Waals surface area contributed by atoms with E-state index < -0.39 is 78.1 Å². The predicted octanol–water partition coefficient (Wildman–Crippen LogP) is 1.53. The number of nitrogens with zero attached hydrogens (tertiary/aromatic N) is 3. The van der Waals surface area contributed by atoms with Crippen molar-refractivity contribution in [3.63, 3.8) is 0 Å². The molecule has 0 aliphatic heterocycles. The average molecular weight is 830 g/mol. The summed E-state index contributed by atoms with van der Waals surface area (Å²) in [7, 11) is 0. The molecule has 0 bridgehead atoms. The maximum absolute atomic E-state index is 13.7. The lowest BCUT2D eigenvalue weighted by Crippen LogP contribution is -2.58. The van der Waals surface area contributed by atoms with E-state index in [2.05, 4.69) is 40.3 Å². The SMILES string of the molecule is CCCCCC/C=C\CCCCCC(=O)N[C@@H](CCCN(O)C(C)=O)C(=O)N[C@@H](CCCN(O)C(C)=O)C(=O)N[C@H](CO)C(=O)N[C@H](CCCN(O)C(C)=O)C(=O)O. The fourth-order valence-corrected chi connectivity index (χ4v) is 5.53. The second kappa shape index (κ2) is 31.3. The molecule has 0 unspecified atom stereocenters. The lowest BCUT2D eigenvalue weighted by Gasteiger charge is -2.26. The lowest BCUT2D eigenvalue weighted by atomic mass is 10.1. The smallest absolute Gasteiger partial charge is 0.326 e. The molecule has 7 amide bonds. The summed E-state index contributed by atoms with van der Waals surface area (Å²) in [4.78, 5) is 99.2. The molecule has 9 N–H and O–H groups in total. The minimum absolute atomic E-state index is 0.0284. The molecule has 0 fully saturated rings. The van der Waals surface area contributed by atoms with Crippen LogP contribution in [0, 0.1) is 0 Å². The average Bonchev–Trinajstić information content (AvgIpc) is 3.16. The number of nitrogens with one attached hydrogen (secondary N) is 4. The zero-order chi connectivity index (χ0) is 44.0. The third-order valence-corrected chi connectivity index (χ3v) is 9.06. The maximum atomic E-state index is 13.7. The van der Waals surface area contributed by atoms with E-state index in [1.165, 1.54) is 19.3 Å². The number of unbranched alkanes of at least 4 members (excludes halogenated alkanes) is 7. The van der Waals surface area contributed by atoms with Crippen molar-refractivity contribution < 1.29 is 64.2 Å². The summed E-state index contributed by atoms with van der Waals surface area (Å²) in [5.41, 5.74) is 0. The Kier molecular flexibility index (Phi) is 28.8. The van der Waals surface area contributed by atoms with Gasteiger partial charge in [0, 0.05) is 46.8 Å². The monoisotopic (exact) mass is 829 g/mol. The summed E-state index contributed by atoms with van der Waals surface area (Å²) in [6, 6.07) is -5.93. The van der Waals surface area contributed by atoms with Crippen LogP contribution in [-0.2, 0) is 38.4 Å². The number of aliphatic hydroxyl groups is 1. The van der Waals surface area contributed by atoms with Gasteiger partial charge < -0.3 is 31.5 Å². The summed E-state index contributed by atoms with van der Waals surface area (Å²) >= 11 is 0. The molecular formula is C38H67N7O13. The largest absolute Gasteiger partial charge is 0.480 e. The summed E-state index contributed by atoms with van der Waals surface area (Å²) in [5, 5.41) is 59.6. The molecule has 0 aromatic rings. The van der Waals surface area contributed by atoms with E-state index in [0.717, 1.165) is 52.9 Å². The highest BCUT2D eigenvalue weighted by molar-refractivity contribution is 5.95. The number of carboxylic acid groups (broad SMARTS) is 1. The van der Waals surface area contributed by atoms with Crippen LogP contribution in [0.15, 0.2) is 12.2 Å². The summed E-state index contributed by atoms with van der Waals surface area (Å²) in [5.74, 6) is -6.85. The first-order valence-electron chi connectivity index (χ1n) is 20.0. The first kappa shape index (κ1) is 53.3. The van der Waals surface area contributed by atoms with E-state index >= 15 is 0 Å². The molecule has 0 aromatic heterocycles. The van der Waals surface area contributed by atoms with Gasteiger partial charge in [-0.05, 0) is 70.6 Å². The molecule has 4 atom stereocenters. The number of hydrogen-bond donors (Lipinski definition) is 9. The molecule has 0 saturated carbocycles. The van der Waals surface area contributed by atoms with E-state index in [9.17, 15) is 64.2 Å². The Morgan fingerprint density at radius 3 is 1.31 bits per heavy atom. The zero-order valence-electron chi connectivity index (χ0n) is 34.4. The van der Waals surface area contributed by atoms with Gasteiger partial charge in [0.15, 0.2) is 0 Å². The summed E-state index contributed by atoms with van der Waals surface area (Å²) in [6.07, 6.45) is 12.8. The van der Waals surface area contributed by atoms with Crippen molar-refractivity contribution in [2.75, 3.05) is 26.2 Å². The van der Waals surface area contributed by atoms with Gasteiger partial charge in [-0.25, -0.2) is 20.0 Å². The third-order valence-electron chi connectivity index (χ3n) is 9.06. The van der Waals surface area contributed by atoms with Gasteiger partial charge in [0.1, 0.15) is 24.2 Å². The van der Waals surface area contributed by atoms with Gasteiger partial charge in [0.2, 0.25) is 41.4 Å². The Hall–Kier alpha value is -4.66. The highest BCUT2D eigenvalue weighted by Gasteiger charge is 2.31. The van der Waals surface area contributed by atoms with Crippen LogP contribution in [0.5, 0.6) is 0 Å². The van der Waals surface area contributed by atoms with Crippen LogP contribution in [0.2, 0.25) is 0 Å².